The van der Waals surface area contributed by atoms with Gasteiger partial charge in [-0.1, -0.05) is 12.1 Å². The molecule has 2 heterocycles. The van der Waals surface area contributed by atoms with Gasteiger partial charge < -0.3 is 5.32 Å². The van der Waals surface area contributed by atoms with Gasteiger partial charge in [-0.15, -0.1) is 0 Å². The van der Waals surface area contributed by atoms with E-state index < -0.39 is 0 Å². The average Bonchev–Trinajstić information content (AvgIpc) is 3.03. The van der Waals surface area contributed by atoms with Crippen LogP contribution in [-0.2, 0) is 0 Å². The zero-order valence-corrected chi connectivity index (χ0v) is 9.13. The second-order valence-corrected chi connectivity index (χ2v) is 4.19. The predicted molar refractivity (Wildman–Crippen MR) is 63.5 cm³/mol. The minimum Gasteiger partial charge on any atom is -0.310 e. The Morgan fingerprint density at radius 2 is 2.31 bits per heavy atom. The second-order valence-electron chi connectivity index (χ2n) is 4.19. The van der Waals surface area contributed by atoms with Crippen LogP contribution in [0.1, 0.15) is 24.4 Å². The van der Waals surface area contributed by atoms with Crippen LogP contribution in [0.4, 0.5) is 0 Å². The summed E-state index contributed by atoms with van der Waals surface area (Å²) in [5.74, 6) is 0. The molecule has 16 heavy (non-hydrogen) atoms. The second kappa shape index (κ2) is 4.10. The monoisotopic (exact) mass is 213 g/mol. The van der Waals surface area contributed by atoms with Gasteiger partial charge in [0.2, 0.25) is 0 Å². The summed E-state index contributed by atoms with van der Waals surface area (Å²) in [7, 11) is 0. The third-order valence-corrected chi connectivity index (χ3v) is 3.10. The molecular formula is C13H15N3. The quantitative estimate of drug-likeness (QED) is 0.829. The van der Waals surface area contributed by atoms with E-state index in [-0.39, 0.29) is 0 Å². The van der Waals surface area contributed by atoms with E-state index in [1.165, 1.54) is 18.4 Å². The molecule has 1 atom stereocenters. The van der Waals surface area contributed by atoms with E-state index in [2.05, 4.69) is 34.7 Å². The zero-order chi connectivity index (χ0) is 10.8. The zero-order valence-electron chi connectivity index (χ0n) is 9.13. The van der Waals surface area contributed by atoms with Crippen molar-refractivity contribution in [2.45, 2.75) is 18.9 Å². The molecular weight excluding hydrogens is 198 g/mol. The standard InChI is InChI=1S/C13H15N3/c1-4-11(13-6-2-7-14-13)10-12(5-1)16-9-3-8-15-16/h1,3-5,8-10,13-14H,2,6-7H2. The van der Waals surface area contributed by atoms with Crippen molar-refractivity contribution in [1.82, 2.24) is 15.1 Å². The maximum atomic E-state index is 4.25. The van der Waals surface area contributed by atoms with Crippen LogP contribution in [0.15, 0.2) is 42.7 Å². The van der Waals surface area contributed by atoms with Gasteiger partial charge in [0.25, 0.3) is 0 Å². The molecule has 0 spiro atoms. The summed E-state index contributed by atoms with van der Waals surface area (Å²) >= 11 is 0. The largest absolute Gasteiger partial charge is 0.310 e. The molecule has 0 aliphatic carbocycles. The Labute approximate surface area is 95.1 Å². The number of hydrogen-bond acceptors (Lipinski definition) is 2. The summed E-state index contributed by atoms with van der Waals surface area (Å²) in [6, 6.07) is 11.1. The third-order valence-electron chi connectivity index (χ3n) is 3.10. The van der Waals surface area contributed by atoms with Crippen LogP contribution >= 0.6 is 0 Å². The Morgan fingerprint density at radius 1 is 1.31 bits per heavy atom. The van der Waals surface area contributed by atoms with Crippen molar-refractivity contribution < 1.29 is 0 Å². The normalized spacial score (nSPS) is 20.1. The maximum Gasteiger partial charge on any atom is 0.0648 e. The minimum atomic E-state index is 0.524. The lowest BCUT2D eigenvalue weighted by Crippen LogP contribution is -2.13. The lowest BCUT2D eigenvalue weighted by atomic mass is 10.0. The van der Waals surface area contributed by atoms with E-state index in [1.807, 2.05) is 16.9 Å². The van der Waals surface area contributed by atoms with Gasteiger partial charge in [-0.05, 0) is 43.1 Å². The molecule has 3 nitrogen and oxygen atoms in total. The first-order valence-corrected chi connectivity index (χ1v) is 5.77. The fraction of sp³-hybridized carbons (Fsp3) is 0.308. The lowest BCUT2D eigenvalue weighted by molar-refractivity contribution is 0.646. The molecule has 1 N–H and O–H groups in total. The van der Waals surface area contributed by atoms with E-state index in [0.29, 0.717) is 6.04 Å². The summed E-state index contributed by atoms with van der Waals surface area (Å²) in [6.45, 7) is 1.14. The number of hydrogen-bond donors (Lipinski definition) is 1. The number of rotatable bonds is 2. The predicted octanol–water partition coefficient (Wildman–Crippen LogP) is 2.30. The van der Waals surface area contributed by atoms with Crippen LogP contribution in [0.5, 0.6) is 0 Å². The first-order chi connectivity index (χ1) is 7.93. The summed E-state index contributed by atoms with van der Waals surface area (Å²) in [6.07, 6.45) is 6.29. The van der Waals surface area contributed by atoms with Crippen LogP contribution in [0.2, 0.25) is 0 Å². The Kier molecular flexibility index (Phi) is 2.46. The average molecular weight is 213 g/mol. The van der Waals surface area contributed by atoms with Crippen molar-refractivity contribution >= 4 is 0 Å². The number of benzene rings is 1. The molecule has 0 radical (unpaired) electrons. The smallest absolute Gasteiger partial charge is 0.0648 e. The van der Waals surface area contributed by atoms with Gasteiger partial charge in [-0.3, -0.25) is 0 Å². The molecule has 0 bridgehead atoms. The topological polar surface area (TPSA) is 29.9 Å². The van der Waals surface area contributed by atoms with E-state index in [1.54, 1.807) is 6.20 Å². The van der Waals surface area contributed by atoms with Crippen molar-refractivity contribution in [3.63, 3.8) is 0 Å². The van der Waals surface area contributed by atoms with E-state index in [9.17, 15) is 0 Å². The minimum absolute atomic E-state index is 0.524. The van der Waals surface area contributed by atoms with Gasteiger partial charge in [0.1, 0.15) is 0 Å². The molecule has 1 aromatic heterocycles. The highest BCUT2D eigenvalue weighted by atomic mass is 15.3. The van der Waals surface area contributed by atoms with Crippen LogP contribution < -0.4 is 5.32 Å². The Bertz CT molecular complexity index is 456. The van der Waals surface area contributed by atoms with E-state index in [0.717, 1.165) is 12.2 Å². The fourth-order valence-electron chi connectivity index (χ4n) is 2.27. The fourth-order valence-corrected chi connectivity index (χ4v) is 2.27. The molecule has 0 amide bonds. The van der Waals surface area contributed by atoms with Gasteiger partial charge in [0, 0.05) is 18.4 Å². The van der Waals surface area contributed by atoms with Gasteiger partial charge in [0.15, 0.2) is 0 Å². The maximum absolute atomic E-state index is 4.25. The van der Waals surface area contributed by atoms with E-state index >= 15 is 0 Å². The Hall–Kier alpha value is -1.61. The van der Waals surface area contributed by atoms with E-state index in [4.69, 9.17) is 0 Å². The van der Waals surface area contributed by atoms with Crippen molar-refractivity contribution in [1.29, 1.82) is 0 Å². The van der Waals surface area contributed by atoms with Gasteiger partial charge in [0.05, 0.1) is 5.69 Å². The van der Waals surface area contributed by atoms with Crippen LogP contribution in [0.3, 0.4) is 0 Å². The first-order valence-electron chi connectivity index (χ1n) is 5.77. The lowest BCUT2D eigenvalue weighted by Gasteiger charge is -2.12. The molecule has 0 saturated carbocycles. The third kappa shape index (κ3) is 1.74. The number of nitrogens with one attached hydrogen (secondary N) is 1. The summed E-state index contributed by atoms with van der Waals surface area (Å²) in [5.41, 5.74) is 2.50. The molecule has 1 aromatic carbocycles. The summed E-state index contributed by atoms with van der Waals surface area (Å²) < 4.78 is 1.90. The highest BCUT2D eigenvalue weighted by molar-refractivity contribution is 5.36. The Balaban J connectivity index is 1.93. The molecule has 1 saturated heterocycles. The van der Waals surface area contributed by atoms with Crippen molar-refractivity contribution in [2.75, 3.05) is 6.54 Å². The molecule has 1 aliphatic heterocycles. The summed E-state index contributed by atoms with van der Waals surface area (Å²) in [5, 5.41) is 7.77. The van der Waals surface area contributed by atoms with Crippen LogP contribution in [-0.4, -0.2) is 16.3 Å². The highest BCUT2D eigenvalue weighted by Crippen LogP contribution is 2.24. The summed E-state index contributed by atoms with van der Waals surface area (Å²) in [4.78, 5) is 0. The molecule has 3 rings (SSSR count). The SMILES string of the molecule is c1cc(C2CCCN2)cc(-n2cccn2)c1. The molecule has 1 aliphatic rings. The van der Waals surface area contributed by atoms with Crippen molar-refractivity contribution in [2.24, 2.45) is 0 Å². The highest BCUT2D eigenvalue weighted by Gasteiger charge is 2.16. The number of aromatic nitrogens is 2. The molecule has 3 heteroatoms. The van der Waals surface area contributed by atoms with Gasteiger partial charge >= 0.3 is 0 Å². The van der Waals surface area contributed by atoms with Crippen LogP contribution in [0.25, 0.3) is 5.69 Å². The molecule has 2 aromatic rings. The Morgan fingerprint density at radius 3 is 3.06 bits per heavy atom. The molecule has 82 valence electrons. The van der Waals surface area contributed by atoms with Crippen molar-refractivity contribution in [3.05, 3.63) is 48.3 Å². The first kappa shape index (κ1) is 9.60. The molecule has 1 unspecified atom stereocenters. The number of nitrogens with zero attached hydrogens (tertiary/aromatic N) is 2. The molecule has 1 fully saturated rings. The van der Waals surface area contributed by atoms with Crippen LogP contribution in [0, 0.1) is 0 Å². The van der Waals surface area contributed by atoms with Gasteiger partial charge in [-0.2, -0.15) is 5.10 Å². The van der Waals surface area contributed by atoms with Crippen molar-refractivity contribution in [3.8, 4) is 5.69 Å². The van der Waals surface area contributed by atoms with Gasteiger partial charge in [-0.25, -0.2) is 4.68 Å².